The van der Waals surface area contributed by atoms with Gasteiger partial charge in [-0.25, -0.2) is 4.98 Å². The van der Waals surface area contributed by atoms with Crippen LogP contribution < -0.4 is 0 Å². The minimum Gasteiger partial charge on any atom is -0.278 e. The number of aliphatic imine (C=N–C) groups is 2. The van der Waals surface area contributed by atoms with Crippen LogP contribution in [0.2, 0.25) is 0 Å². The number of pyridine rings is 3. The van der Waals surface area contributed by atoms with Crippen molar-refractivity contribution in [2.45, 2.75) is 26.3 Å². The lowest BCUT2D eigenvalue weighted by atomic mass is 9.98. The molecule has 6 rings (SSSR count). The van der Waals surface area contributed by atoms with E-state index in [-0.39, 0.29) is 0 Å². The molecule has 3 heterocycles. The second-order valence-electron chi connectivity index (χ2n) is 10.4. The molecular formula is C37H31N5. The molecule has 5 heteroatoms. The highest BCUT2D eigenvalue weighted by atomic mass is 14.8. The van der Waals surface area contributed by atoms with Crippen molar-refractivity contribution >= 4 is 39.9 Å². The second-order valence-corrected chi connectivity index (χ2v) is 10.4. The predicted octanol–water partition coefficient (Wildman–Crippen LogP) is 8.70. The van der Waals surface area contributed by atoms with Crippen LogP contribution in [-0.4, -0.2) is 27.4 Å². The molecule has 5 nitrogen and oxygen atoms in total. The van der Waals surface area contributed by atoms with Gasteiger partial charge in [0.05, 0.1) is 40.4 Å². The second kappa shape index (κ2) is 12.1. The van der Waals surface area contributed by atoms with Gasteiger partial charge in [0.15, 0.2) is 0 Å². The lowest BCUT2D eigenvalue weighted by molar-refractivity contribution is 0.830. The summed E-state index contributed by atoms with van der Waals surface area (Å²) < 4.78 is 0. The molecule has 0 amide bonds. The molecular weight excluding hydrogens is 514 g/mol. The summed E-state index contributed by atoms with van der Waals surface area (Å²) in [6.45, 7) is 8.51. The fourth-order valence-corrected chi connectivity index (χ4v) is 5.04. The van der Waals surface area contributed by atoms with E-state index in [1.807, 2.05) is 60.7 Å². The van der Waals surface area contributed by atoms with Gasteiger partial charge in [0.1, 0.15) is 0 Å². The van der Waals surface area contributed by atoms with E-state index >= 15 is 0 Å². The van der Waals surface area contributed by atoms with Gasteiger partial charge in [0, 0.05) is 22.7 Å². The zero-order valence-corrected chi connectivity index (χ0v) is 23.8. The number of allylic oxidation sites excluding steroid dienone is 1. The van der Waals surface area contributed by atoms with Crippen LogP contribution in [0, 0.1) is 0 Å². The first-order valence-corrected chi connectivity index (χ1v) is 14.1. The first-order chi connectivity index (χ1) is 20.6. The van der Waals surface area contributed by atoms with Crippen molar-refractivity contribution in [1.29, 1.82) is 0 Å². The standard InChI is InChI=1S/C37H31N5/c1-25(2)32-20-18-28-17-19-30-31(26-12-6-4-7-13-26)22-29(41-37(30)36(28)42-32)24-40-34(27-14-8-5-9-15-27)23-35(38-3)33-16-10-11-21-39-33/h4-23,25H,3,24H2,1-2H3/b35-23-,40-34?. The van der Waals surface area contributed by atoms with E-state index in [1.165, 1.54) is 0 Å². The Bertz CT molecular complexity index is 1930. The number of nitrogens with zero attached hydrogens (tertiary/aromatic N) is 5. The molecule has 0 saturated carbocycles. The monoisotopic (exact) mass is 545 g/mol. The van der Waals surface area contributed by atoms with Crippen LogP contribution in [-0.2, 0) is 6.54 Å². The lowest BCUT2D eigenvalue weighted by Gasteiger charge is -2.13. The molecule has 0 N–H and O–H groups in total. The van der Waals surface area contributed by atoms with Gasteiger partial charge in [-0.05, 0) is 59.7 Å². The Balaban J connectivity index is 1.53. The number of fused-ring (bicyclic) bond motifs is 3. The first-order valence-electron chi connectivity index (χ1n) is 14.1. The average molecular weight is 546 g/mol. The zero-order chi connectivity index (χ0) is 28.9. The van der Waals surface area contributed by atoms with Crippen LogP contribution in [0.25, 0.3) is 38.6 Å². The Morgan fingerprint density at radius 1 is 0.810 bits per heavy atom. The number of benzene rings is 3. The highest BCUT2D eigenvalue weighted by Crippen LogP contribution is 2.33. The van der Waals surface area contributed by atoms with Gasteiger partial charge in [-0.1, -0.05) is 98.8 Å². The van der Waals surface area contributed by atoms with Crippen LogP contribution in [0.5, 0.6) is 0 Å². The number of hydrogen-bond donors (Lipinski definition) is 0. The van der Waals surface area contributed by atoms with Crippen molar-refractivity contribution < 1.29 is 0 Å². The summed E-state index contributed by atoms with van der Waals surface area (Å²) in [4.78, 5) is 24.1. The first kappa shape index (κ1) is 26.9. The number of rotatable bonds is 8. The normalized spacial score (nSPS) is 12.3. The van der Waals surface area contributed by atoms with E-state index in [4.69, 9.17) is 15.0 Å². The summed E-state index contributed by atoms with van der Waals surface area (Å²) in [6, 6.07) is 37.0. The molecule has 0 aliphatic heterocycles. The predicted molar refractivity (Wildman–Crippen MR) is 175 cm³/mol. The summed E-state index contributed by atoms with van der Waals surface area (Å²) in [6.07, 6.45) is 3.69. The van der Waals surface area contributed by atoms with Crippen molar-refractivity contribution in [3.63, 3.8) is 0 Å². The van der Waals surface area contributed by atoms with E-state index in [0.717, 1.165) is 61.3 Å². The van der Waals surface area contributed by atoms with Crippen LogP contribution in [0.1, 0.15) is 42.4 Å². The Morgan fingerprint density at radius 2 is 1.55 bits per heavy atom. The number of aromatic nitrogens is 3. The van der Waals surface area contributed by atoms with Crippen LogP contribution in [0.15, 0.2) is 131 Å². The third-order valence-electron chi connectivity index (χ3n) is 7.24. The summed E-state index contributed by atoms with van der Waals surface area (Å²) in [5, 5.41) is 2.15. The number of hydrogen-bond acceptors (Lipinski definition) is 5. The topological polar surface area (TPSA) is 63.4 Å². The summed E-state index contributed by atoms with van der Waals surface area (Å²) in [5.41, 5.74) is 9.12. The Hall–Kier alpha value is -5.29. The molecule has 0 bridgehead atoms. The van der Waals surface area contributed by atoms with Gasteiger partial charge in [0.25, 0.3) is 0 Å². The van der Waals surface area contributed by atoms with E-state index in [0.29, 0.717) is 18.2 Å². The third kappa shape index (κ3) is 5.63. The van der Waals surface area contributed by atoms with E-state index in [9.17, 15) is 0 Å². The van der Waals surface area contributed by atoms with Gasteiger partial charge in [-0.3, -0.25) is 20.0 Å². The highest BCUT2D eigenvalue weighted by molar-refractivity contribution is 6.12. The van der Waals surface area contributed by atoms with Crippen molar-refractivity contribution in [2.75, 3.05) is 0 Å². The minimum atomic E-state index is 0.318. The van der Waals surface area contributed by atoms with Gasteiger partial charge < -0.3 is 0 Å². The molecule has 0 saturated heterocycles. The van der Waals surface area contributed by atoms with E-state index in [2.05, 4.69) is 85.1 Å². The molecule has 3 aromatic heterocycles. The Morgan fingerprint density at radius 3 is 2.26 bits per heavy atom. The largest absolute Gasteiger partial charge is 0.278 e. The van der Waals surface area contributed by atoms with Crippen molar-refractivity contribution in [2.24, 2.45) is 9.98 Å². The smallest absolute Gasteiger partial charge is 0.0975 e. The summed E-state index contributed by atoms with van der Waals surface area (Å²) in [5.74, 6) is 0.318. The Kier molecular flexibility index (Phi) is 7.73. The van der Waals surface area contributed by atoms with Crippen LogP contribution in [0.4, 0.5) is 0 Å². The van der Waals surface area contributed by atoms with Crippen molar-refractivity contribution in [1.82, 2.24) is 15.0 Å². The molecule has 0 aliphatic rings. The van der Waals surface area contributed by atoms with Crippen LogP contribution >= 0.6 is 0 Å². The molecule has 0 fully saturated rings. The molecule has 0 spiro atoms. The van der Waals surface area contributed by atoms with E-state index in [1.54, 1.807) is 6.20 Å². The summed E-state index contributed by atoms with van der Waals surface area (Å²) >= 11 is 0. The van der Waals surface area contributed by atoms with Crippen molar-refractivity contribution in [3.05, 3.63) is 144 Å². The molecule has 6 aromatic rings. The fraction of sp³-hybridized carbons (Fsp3) is 0.108. The Labute approximate surface area is 246 Å². The molecule has 204 valence electrons. The molecule has 0 radical (unpaired) electrons. The van der Waals surface area contributed by atoms with Gasteiger partial charge in [-0.15, -0.1) is 0 Å². The average Bonchev–Trinajstić information content (AvgIpc) is 3.05. The van der Waals surface area contributed by atoms with Gasteiger partial charge in [0.2, 0.25) is 0 Å². The quantitative estimate of drug-likeness (QED) is 0.142. The maximum Gasteiger partial charge on any atom is 0.0975 e. The maximum absolute atomic E-state index is 5.17. The van der Waals surface area contributed by atoms with Crippen molar-refractivity contribution in [3.8, 4) is 11.1 Å². The molecule has 0 unspecified atom stereocenters. The van der Waals surface area contributed by atoms with E-state index < -0.39 is 0 Å². The highest BCUT2D eigenvalue weighted by Gasteiger charge is 2.14. The third-order valence-corrected chi connectivity index (χ3v) is 7.24. The maximum atomic E-state index is 5.17. The van der Waals surface area contributed by atoms with Crippen LogP contribution in [0.3, 0.4) is 0 Å². The molecule has 0 aliphatic carbocycles. The fourth-order valence-electron chi connectivity index (χ4n) is 5.04. The molecule has 0 atom stereocenters. The van der Waals surface area contributed by atoms with Gasteiger partial charge >= 0.3 is 0 Å². The SMILES string of the molecule is C=N/C(=C\C(=NCc1cc(-c2ccccc2)c2ccc3ccc(C(C)C)nc3c2n1)c1ccccc1)c1ccccn1. The minimum absolute atomic E-state index is 0.318. The van der Waals surface area contributed by atoms with Gasteiger partial charge in [-0.2, -0.15) is 0 Å². The zero-order valence-electron chi connectivity index (χ0n) is 23.8. The lowest BCUT2D eigenvalue weighted by Crippen LogP contribution is -2.02. The molecule has 42 heavy (non-hydrogen) atoms. The molecule has 3 aromatic carbocycles. The summed E-state index contributed by atoms with van der Waals surface area (Å²) in [7, 11) is 0.